The SMILES string of the molecule is O=C(Nc1cc2c(cc1Cl)OCCCO2)c1ccccc1S(=O)(=O)N1CCOCC1. The van der Waals surface area contributed by atoms with E-state index in [-0.39, 0.29) is 28.6 Å². The minimum absolute atomic E-state index is 0.0344. The van der Waals surface area contributed by atoms with Gasteiger partial charge in [0.25, 0.3) is 5.91 Å². The molecule has 0 atom stereocenters. The van der Waals surface area contributed by atoms with Crippen LogP contribution >= 0.6 is 11.6 Å². The number of morpholine rings is 1. The fraction of sp³-hybridized carbons (Fsp3) is 0.350. The van der Waals surface area contributed by atoms with Crippen LogP contribution in [-0.4, -0.2) is 58.1 Å². The number of carbonyl (C=O) groups excluding carboxylic acids is 1. The second-order valence-corrected chi connectivity index (χ2v) is 9.11. The van der Waals surface area contributed by atoms with Crippen molar-refractivity contribution in [2.45, 2.75) is 11.3 Å². The van der Waals surface area contributed by atoms with E-state index in [1.54, 1.807) is 24.3 Å². The van der Waals surface area contributed by atoms with Gasteiger partial charge in [0.1, 0.15) is 0 Å². The molecule has 2 aliphatic heterocycles. The zero-order valence-electron chi connectivity index (χ0n) is 16.1. The predicted molar refractivity (Wildman–Crippen MR) is 111 cm³/mol. The smallest absolute Gasteiger partial charge is 0.257 e. The lowest BCUT2D eigenvalue weighted by molar-refractivity contribution is 0.0730. The average Bonchev–Trinajstić information content (AvgIpc) is 2.99. The Bertz CT molecular complexity index is 1050. The van der Waals surface area contributed by atoms with Gasteiger partial charge in [-0.3, -0.25) is 4.79 Å². The largest absolute Gasteiger partial charge is 0.490 e. The highest BCUT2D eigenvalue weighted by Gasteiger charge is 2.30. The van der Waals surface area contributed by atoms with Crippen LogP contribution in [0.3, 0.4) is 0 Å². The maximum Gasteiger partial charge on any atom is 0.257 e. The standard InChI is InChI=1S/C20H21ClN2O6S/c21-15-12-17-18(29-9-3-8-28-17)13-16(15)22-20(24)14-4-1-2-5-19(14)30(25,26)23-6-10-27-11-7-23/h1-2,4-5,12-13H,3,6-11H2,(H,22,24). The molecule has 10 heteroatoms. The third-order valence-electron chi connectivity index (χ3n) is 4.80. The second-order valence-electron chi connectivity index (χ2n) is 6.80. The lowest BCUT2D eigenvalue weighted by Crippen LogP contribution is -2.41. The normalized spacial score (nSPS) is 17.2. The zero-order valence-corrected chi connectivity index (χ0v) is 17.7. The van der Waals surface area contributed by atoms with E-state index in [1.807, 2.05) is 0 Å². The van der Waals surface area contributed by atoms with Crippen molar-refractivity contribution in [3.63, 3.8) is 0 Å². The number of sulfonamides is 1. The number of nitrogens with one attached hydrogen (secondary N) is 1. The van der Waals surface area contributed by atoms with E-state index in [9.17, 15) is 13.2 Å². The van der Waals surface area contributed by atoms with Crippen LogP contribution in [0, 0.1) is 0 Å². The van der Waals surface area contributed by atoms with Crippen molar-refractivity contribution < 1.29 is 27.4 Å². The Morgan fingerprint density at radius 2 is 1.67 bits per heavy atom. The number of hydrogen-bond acceptors (Lipinski definition) is 6. The summed E-state index contributed by atoms with van der Waals surface area (Å²) in [6.45, 7) is 2.13. The summed E-state index contributed by atoms with van der Waals surface area (Å²) in [4.78, 5) is 12.9. The van der Waals surface area contributed by atoms with Crippen molar-refractivity contribution in [3.05, 3.63) is 47.0 Å². The number of rotatable bonds is 4. The second kappa shape index (κ2) is 8.81. The fourth-order valence-electron chi connectivity index (χ4n) is 3.27. The van der Waals surface area contributed by atoms with E-state index >= 15 is 0 Å². The maximum atomic E-state index is 13.1. The van der Waals surface area contributed by atoms with Crippen LogP contribution in [0.2, 0.25) is 5.02 Å². The highest BCUT2D eigenvalue weighted by atomic mass is 35.5. The summed E-state index contributed by atoms with van der Waals surface area (Å²) in [6.07, 6.45) is 0.737. The van der Waals surface area contributed by atoms with Crippen LogP contribution in [-0.2, 0) is 14.8 Å². The Hall–Kier alpha value is -2.33. The monoisotopic (exact) mass is 452 g/mol. The number of nitrogens with zero attached hydrogens (tertiary/aromatic N) is 1. The molecule has 30 heavy (non-hydrogen) atoms. The van der Waals surface area contributed by atoms with Crippen molar-refractivity contribution in [2.75, 3.05) is 44.8 Å². The summed E-state index contributed by atoms with van der Waals surface area (Å²) in [5.74, 6) is 0.394. The third kappa shape index (κ3) is 4.24. The maximum absolute atomic E-state index is 13.1. The average molecular weight is 453 g/mol. The van der Waals surface area contributed by atoms with E-state index in [0.717, 1.165) is 6.42 Å². The Morgan fingerprint density at radius 3 is 2.40 bits per heavy atom. The third-order valence-corrected chi connectivity index (χ3v) is 7.07. The number of hydrogen-bond donors (Lipinski definition) is 1. The molecule has 2 aromatic rings. The number of halogens is 1. The van der Waals surface area contributed by atoms with Crippen LogP contribution in [0.25, 0.3) is 0 Å². The molecule has 0 aromatic heterocycles. The van der Waals surface area contributed by atoms with E-state index in [2.05, 4.69) is 5.32 Å². The van der Waals surface area contributed by atoms with Crippen LogP contribution < -0.4 is 14.8 Å². The molecule has 1 fully saturated rings. The van der Waals surface area contributed by atoms with Crippen LogP contribution in [0.1, 0.15) is 16.8 Å². The molecule has 0 bridgehead atoms. The van der Waals surface area contributed by atoms with Gasteiger partial charge in [-0.1, -0.05) is 23.7 Å². The zero-order chi connectivity index (χ0) is 21.1. The molecule has 0 aliphatic carbocycles. The summed E-state index contributed by atoms with van der Waals surface area (Å²) >= 11 is 6.31. The molecule has 0 spiro atoms. The summed E-state index contributed by atoms with van der Waals surface area (Å²) in [7, 11) is -3.84. The van der Waals surface area contributed by atoms with Gasteiger partial charge in [-0.05, 0) is 12.1 Å². The van der Waals surface area contributed by atoms with Gasteiger partial charge in [-0.15, -0.1) is 0 Å². The Morgan fingerprint density at radius 1 is 1.00 bits per heavy atom. The summed E-state index contributed by atoms with van der Waals surface area (Å²) in [5, 5.41) is 2.96. The summed E-state index contributed by atoms with van der Waals surface area (Å²) in [5.41, 5.74) is 0.344. The first kappa shape index (κ1) is 20.9. The molecule has 160 valence electrons. The van der Waals surface area contributed by atoms with Gasteiger partial charge in [0.2, 0.25) is 10.0 Å². The molecule has 0 saturated carbocycles. The Kier molecular flexibility index (Phi) is 6.14. The van der Waals surface area contributed by atoms with E-state index in [0.29, 0.717) is 43.6 Å². The molecule has 0 unspecified atom stereocenters. The van der Waals surface area contributed by atoms with Gasteiger partial charge in [-0.2, -0.15) is 4.31 Å². The predicted octanol–water partition coefficient (Wildman–Crippen LogP) is 2.77. The van der Waals surface area contributed by atoms with E-state index < -0.39 is 15.9 Å². The van der Waals surface area contributed by atoms with Gasteiger partial charge < -0.3 is 19.5 Å². The number of ether oxygens (including phenoxy) is 3. The van der Waals surface area contributed by atoms with Crippen LogP contribution in [0.5, 0.6) is 11.5 Å². The van der Waals surface area contributed by atoms with Gasteiger partial charge in [-0.25, -0.2) is 8.42 Å². The first-order valence-corrected chi connectivity index (χ1v) is 11.4. The number of amides is 1. The Labute approximate surface area is 179 Å². The minimum atomic E-state index is -3.84. The molecule has 2 heterocycles. The van der Waals surface area contributed by atoms with Gasteiger partial charge in [0, 0.05) is 31.6 Å². The van der Waals surface area contributed by atoms with Crippen molar-refractivity contribution in [1.82, 2.24) is 4.31 Å². The lowest BCUT2D eigenvalue weighted by atomic mass is 10.2. The molecular formula is C20H21ClN2O6S. The van der Waals surface area contributed by atoms with Crippen LogP contribution in [0.4, 0.5) is 5.69 Å². The number of fused-ring (bicyclic) bond motifs is 1. The van der Waals surface area contributed by atoms with Crippen molar-refractivity contribution >= 4 is 33.2 Å². The molecule has 2 aromatic carbocycles. The minimum Gasteiger partial charge on any atom is -0.490 e. The molecule has 1 amide bonds. The molecule has 2 aliphatic rings. The molecule has 8 nitrogen and oxygen atoms in total. The molecule has 1 N–H and O–H groups in total. The molecule has 4 rings (SSSR count). The molecule has 1 saturated heterocycles. The van der Waals surface area contributed by atoms with Crippen molar-refractivity contribution in [2.24, 2.45) is 0 Å². The topological polar surface area (TPSA) is 94.2 Å². The number of anilines is 1. The Balaban J connectivity index is 1.63. The quantitative estimate of drug-likeness (QED) is 0.766. The first-order chi connectivity index (χ1) is 14.5. The summed E-state index contributed by atoms with van der Waals surface area (Å²) < 4.78 is 44.0. The molecule has 0 radical (unpaired) electrons. The van der Waals surface area contributed by atoms with Crippen molar-refractivity contribution in [3.8, 4) is 11.5 Å². The van der Waals surface area contributed by atoms with Gasteiger partial charge in [0.05, 0.1) is 47.6 Å². The van der Waals surface area contributed by atoms with Gasteiger partial charge in [0.15, 0.2) is 11.5 Å². The number of benzene rings is 2. The number of carbonyl (C=O) groups is 1. The van der Waals surface area contributed by atoms with E-state index in [4.69, 9.17) is 25.8 Å². The lowest BCUT2D eigenvalue weighted by Gasteiger charge is -2.26. The van der Waals surface area contributed by atoms with Gasteiger partial charge >= 0.3 is 0 Å². The highest BCUT2D eigenvalue weighted by molar-refractivity contribution is 7.89. The summed E-state index contributed by atoms with van der Waals surface area (Å²) in [6, 6.07) is 9.26. The highest BCUT2D eigenvalue weighted by Crippen LogP contribution is 2.38. The fourth-order valence-corrected chi connectivity index (χ4v) is 5.07. The van der Waals surface area contributed by atoms with E-state index in [1.165, 1.54) is 16.4 Å². The first-order valence-electron chi connectivity index (χ1n) is 9.54. The molecular weight excluding hydrogens is 432 g/mol. The van der Waals surface area contributed by atoms with Crippen LogP contribution in [0.15, 0.2) is 41.3 Å². The van der Waals surface area contributed by atoms with Crippen molar-refractivity contribution in [1.29, 1.82) is 0 Å².